The maximum absolute atomic E-state index is 12.3. The van der Waals surface area contributed by atoms with Gasteiger partial charge in [0.05, 0.1) is 5.56 Å². The van der Waals surface area contributed by atoms with Crippen molar-refractivity contribution in [3.63, 3.8) is 0 Å². The van der Waals surface area contributed by atoms with Crippen LogP contribution in [0, 0.1) is 4.77 Å². The normalized spacial score (nSPS) is 16.6. The average Bonchev–Trinajstić information content (AvgIpc) is 2.54. The Bertz CT molecular complexity index is 845. The minimum absolute atomic E-state index is 0.126. The van der Waals surface area contributed by atoms with E-state index in [9.17, 15) is 14.7 Å². The van der Waals surface area contributed by atoms with Crippen LogP contribution in [0.2, 0.25) is 0 Å². The number of nitrogens with zero attached hydrogens (tertiary/aromatic N) is 2. The molecule has 1 aromatic rings. The van der Waals surface area contributed by atoms with Gasteiger partial charge in [-0.15, -0.1) is 6.58 Å². The molecule has 1 saturated heterocycles. The standard InChI is InChI=1S/C18H25N3O4S/c1-5-8-21-15(23)13(14(22)19-16(21)26)10-12-7-6-9-20(11-12)17(24)25-18(2,3)4/h5,10,23H,1,6-9,11H2,2-4H3,(H,19,22,26). The summed E-state index contributed by atoms with van der Waals surface area (Å²) in [4.78, 5) is 28.6. The Balaban J connectivity index is 2.31. The van der Waals surface area contributed by atoms with Gasteiger partial charge in [0.2, 0.25) is 5.88 Å². The first-order valence-corrected chi connectivity index (χ1v) is 8.87. The number of ether oxygens (including phenoxy) is 1. The molecule has 7 nitrogen and oxygen atoms in total. The maximum Gasteiger partial charge on any atom is 0.410 e. The van der Waals surface area contributed by atoms with E-state index in [1.54, 1.807) is 17.1 Å². The second-order valence-electron chi connectivity index (χ2n) is 7.20. The number of H-pyrrole nitrogens is 1. The molecule has 2 heterocycles. The average molecular weight is 379 g/mol. The summed E-state index contributed by atoms with van der Waals surface area (Å²) in [5.41, 5.74) is -0.0371. The molecular weight excluding hydrogens is 354 g/mol. The van der Waals surface area contributed by atoms with Gasteiger partial charge in [-0.3, -0.25) is 14.3 Å². The van der Waals surface area contributed by atoms with Crippen LogP contribution in [-0.2, 0) is 11.3 Å². The van der Waals surface area contributed by atoms with Crippen molar-refractivity contribution in [2.45, 2.75) is 45.8 Å². The van der Waals surface area contributed by atoms with Crippen LogP contribution in [0.5, 0.6) is 5.88 Å². The number of allylic oxidation sites excluding steroid dienone is 1. The molecule has 8 heteroatoms. The smallest absolute Gasteiger partial charge is 0.410 e. The molecule has 26 heavy (non-hydrogen) atoms. The number of aromatic hydroxyl groups is 1. The van der Waals surface area contributed by atoms with E-state index in [0.717, 1.165) is 18.4 Å². The van der Waals surface area contributed by atoms with Gasteiger partial charge in [-0.05, 0) is 57.5 Å². The highest BCUT2D eigenvalue weighted by Crippen LogP contribution is 2.23. The molecule has 0 spiro atoms. The molecule has 1 aliphatic rings. The number of aromatic nitrogens is 2. The van der Waals surface area contributed by atoms with Crippen molar-refractivity contribution in [3.8, 4) is 5.88 Å². The minimum atomic E-state index is -0.566. The summed E-state index contributed by atoms with van der Waals surface area (Å²) in [5.74, 6) is -0.208. The van der Waals surface area contributed by atoms with Gasteiger partial charge in [0.25, 0.3) is 5.56 Å². The van der Waals surface area contributed by atoms with Crippen LogP contribution in [0.3, 0.4) is 0 Å². The molecule has 0 saturated carbocycles. The van der Waals surface area contributed by atoms with E-state index in [4.69, 9.17) is 17.0 Å². The lowest BCUT2D eigenvalue weighted by Gasteiger charge is -2.31. The van der Waals surface area contributed by atoms with Crippen molar-refractivity contribution in [2.75, 3.05) is 13.1 Å². The topological polar surface area (TPSA) is 87.6 Å². The van der Waals surface area contributed by atoms with Crippen LogP contribution >= 0.6 is 12.2 Å². The molecule has 0 bridgehead atoms. The lowest BCUT2D eigenvalue weighted by molar-refractivity contribution is 0.0247. The minimum Gasteiger partial charge on any atom is -0.494 e. The molecule has 142 valence electrons. The van der Waals surface area contributed by atoms with Gasteiger partial charge in [0.1, 0.15) is 5.60 Å². The zero-order valence-corrected chi connectivity index (χ0v) is 16.2. The number of carbonyl (C=O) groups excluding carboxylic acids is 1. The van der Waals surface area contributed by atoms with E-state index < -0.39 is 11.2 Å². The van der Waals surface area contributed by atoms with Crippen LogP contribution in [0.25, 0.3) is 6.08 Å². The third-order valence-electron chi connectivity index (χ3n) is 3.84. The number of piperidine rings is 1. The van der Waals surface area contributed by atoms with Crippen LogP contribution in [0.1, 0.15) is 39.2 Å². The molecular formula is C18H25N3O4S. The summed E-state index contributed by atoms with van der Waals surface area (Å²) >= 11 is 5.07. The van der Waals surface area contributed by atoms with E-state index in [1.807, 2.05) is 20.8 Å². The Morgan fingerprint density at radius 3 is 2.77 bits per heavy atom. The van der Waals surface area contributed by atoms with Gasteiger partial charge < -0.3 is 14.7 Å². The number of aromatic amines is 1. The lowest BCUT2D eigenvalue weighted by atomic mass is 10.0. The van der Waals surface area contributed by atoms with Crippen LogP contribution in [0.4, 0.5) is 4.79 Å². The molecule has 2 rings (SSSR count). The first-order chi connectivity index (χ1) is 12.1. The number of amides is 1. The molecule has 0 atom stereocenters. The Labute approximate surface area is 157 Å². The predicted molar refractivity (Wildman–Crippen MR) is 103 cm³/mol. The second kappa shape index (κ2) is 7.90. The molecule has 1 fully saturated rings. The number of rotatable bonds is 3. The molecule has 0 radical (unpaired) electrons. The largest absolute Gasteiger partial charge is 0.494 e. The summed E-state index contributed by atoms with van der Waals surface area (Å²) in [6.45, 7) is 10.3. The third kappa shape index (κ3) is 4.85. The summed E-state index contributed by atoms with van der Waals surface area (Å²) in [5, 5.41) is 10.4. The van der Waals surface area contributed by atoms with Crippen molar-refractivity contribution in [1.29, 1.82) is 0 Å². The fraction of sp³-hybridized carbons (Fsp3) is 0.500. The molecule has 1 aromatic heterocycles. The molecule has 1 amide bonds. The van der Waals surface area contributed by atoms with Crippen molar-refractivity contribution in [2.24, 2.45) is 0 Å². The van der Waals surface area contributed by atoms with Crippen molar-refractivity contribution in [1.82, 2.24) is 14.5 Å². The van der Waals surface area contributed by atoms with E-state index in [0.29, 0.717) is 13.1 Å². The van der Waals surface area contributed by atoms with Gasteiger partial charge >= 0.3 is 6.09 Å². The van der Waals surface area contributed by atoms with Crippen LogP contribution < -0.4 is 5.56 Å². The summed E-state index contributed by atoms with van der Waals surface area (Å²) in [6.07, 6.45) is 4.31. The Morgan fingerprint density at radius 2 is 2.15 bits per heavy atom. The maximum atomic E-state index is 12.3. The van der Waals surface area contributed by atoms with Gasteiger partial charge in [0.15, 0.2) is 4.77 Å². The summed E-state index contributed by atoms with van der Waals surface area (Å²) in [6, 6.07) is 0. The third-order valence-corrected chi connectivity index (χ3v) is 4.16. The number of hydrogen-bond acceptors (Lipinski definition) is 5. The highest BCUT2D eigenvalue weighted by molar-refractivity contribution is 7.71. The van der Waals surface area contributed by atoms with Crippen molar-refractivity contribution >= 4 is 24.4 Å². The zero-order valence-electron chi connectivity index (χ0n) is 15.4. The van der Waals surface area contributed by atoms with Crippen LogP contribution in [-0.4, -0.2) is 44.3 Å². The zero-order chi connectivity index (χ0) is 19.5. The Kier molecular flexibility index (Phi) is 6.07. The Hall–Kier alpha value is -2.35. The monoisotopic (exact) mass is 379 g/mol. The van der Waals surface area contributed by atoms with E-state index in [2.05, 4.69) is 11.6 Å². The SMILES string of the molecule is C=CCn1c(O)c(C=C2CCCN(C(=O)OC(C)(C)C)C2)c(=O)[nH]c1=S. The highest BCUT2D eigenvalue weighted by Gasteiger charge is 2.25. The van der Waals surface area contributed by atoms with E-state index in [1.165, 1.54) is 4.57 Å². The van der Waals surface area contributed by atoms with Crippen molar-refractivity contribution < 1.29 is 14.6 Å². The molecule has 1 aliphatic heterocycles. The number of nitrogens with one attached hydrogen (secondary N) is 1. The quantitative estimate of drug-likeness (QED) is 0.622. The predicted octanol–water partition coefficient (Wildman–Crippen LogP) is 3.21. The second-order valence-corrected chi connectivity index (χ2v) is 7.59. The van der Waals surface area contributed by atoms with Gasteiger partial charge in [-0.1, -0.05) is 6.08 Å². The van der Waals surface area contributed by atoms with Crippen molar-refractivity contribution in [3.05, 3.63) is 38.9 Å². The first-order valence-electron chi connectivity index (χ1n) is 8.46. The van der Waals surface area contributed by atoms with Gasteiger partial charge in [-0.25, -0.2) is 4.79 Å². The molecule has 0 aliphatic carbocycles. The number of hydrogen-bond donors (Lipinski definition) is 2. The highest BCUT2D eigenvalue weighted by atomic mass is 32.1. The summed E-state index contributed by atoms with van der Waals surface area (Å²) in [7, 11) is 0. The van der Waals surface area contributed by atoms with E-state index in [-0.39, 0.29) is 28.9 Å². The molecule has 0 aromatic carbocycles. The van der Waals surface area contributed by atoms with Gasteiger partial charge in [-0.2, -0.15) is 0 Å². The molecule has 0 unspecified atom stereocenters. The Morgan fingerprint density at radius 1 is 1.46 bits per heavy atom. The van der Waals surface area contributed by atoms with E-state index >= 15 is 0 Å². The first kappa shape index (κ1) is 20.0. The fourth-order valence-corrected chi connectivity index (χ4v) is 2.96. The lowest BCUT2D eigenvalue weighted by Crippen LogP contribution is -2.40. The number of carbonyl (C=O) groups is 1. The fourth-order valence-electron chi connectivity index (χ4n) is 2.71. The van der Waals surface area contributed by atoms with Gasteiger partial charge in [0, 0.05) is 19.6 Å². The van der Waals surface area contributed by atoms with Crippen LogP contribution in [0.15, 0.2) is 23.0 Å². The molecule has 2 N–H and O–H groups in total. The number of likely N-dealkylation sites (tertiary alicyclic amines) is 1. The summed E-state index contributed by atoms with van der Waals surface area (Å²) < 4.78 is 6.93.